The third-order valence-electron chi connectivity index (χ3n) is 5.01. The van der Waals surface area contributed by atoms with Gasteiger partial charge in [0.2, 0.25) is 0 Å². The molecule has 0 spiro atoms. The van der Waals surface area contributed by atoms with Gasteiger partial charge in [-0.25, -0.2) is 0 Å². The van der Waals surface area contributed by atoms with Crippen molar-refractivity contribution in [2.75, 3.05) is 0 Å². The maximum atomic E-state index is 3.89. The first kappa shape index (κ1) is 19.2. The van der Waals surface area contributed by atoms with Crippen molar-refractivity contribution in [3.8, 4) is 0 Å². The third kappa shape index (κ3) is 5.74. The zero-order chi connectivity index (χ0) is 18.1. The van der Waals surface area contributed by atoms with E-state index in [9.17, 15) is 0 Å². The van der Waals surface area contributed by atoms with Gasteiger partial charge in [-0.2, -0.15) is 0 Å². The molecular formula is C25H32. The molecule has 2 aliphatic rings. The lowest BCUT2D eigenvalue weighted by Gasteiger charge is -2.20. The molecule has 0 heterocycles. The Kier molecular flexibility index (Phi) is 7.73. The quantitative estimate of drug-likeness (QED) is 0.425. The van der Waals surface area contributed by atoms with E-state index in [-0.39, 0.29) is 0 Å². The highest BCUT2D eigenvalue weighted by Crippen LogP contribution is 2.30. The Morgan fingerprint density at radius 1 is 1.20 bits per heavy atom. The second kappa shape index (κ2) is 10.0. The molecule has 2 unspecified atom stereocenters. The Balaban J connectivity index is 1.82. The SMILES string of the molecule is C=CC(=C\C)/C(/C=C\CCC1C=CC(C2=CC=CC(C)C2)=CC1)=C/C. The molecule has 0 aromatic heterocycles. The van der Waals surface area contributed by atoms with Crippen LogP contribution in [0.25, 0.3) is 0 Å². The van der Waals surface area contributed by atoms with E-state index in [4.69, 9.17) is 0 Å². The Labute approximate surface area is 154 Å². The van der Waals surface area contributed by atoms with E-state index in [0.29, 0.717) is 11.8 Å². The molecule has 0 saturated carbocycles. The first-order chi connectivity index (χ1) is 12.2. The summed E-state index contributed by atoms with van der Waals surface area (Å²) in [7, 11) is 0. The summed E-state index contributed by atoms with van der Waals surface area (Å²) in [5.74, 6) is 1.33. The minimum atomic E-state index is 0.663. The molecule has 0 bridgehead atoms. The normalized spacial score (nSPS) is 24.4. The van der Waals surface area contributed by atoms with Crippen LogP contribution >= 0.6 is 0 Å². The van der Waals surface area contributed by atoms with Crippen LogP contribution in [-0.2, 0) is 0 Å². The summed E-state index contributed by atoms with van der Waals surface area (Å²) >= 11 is 0. The third-order valence-corrected chi connectivity index (χ3v) is 5.01. The molecule has 0 aromatic carbocycles. The summed E-state index contributed by atoms with van der Waals surface area (Å²) in [6.07, 6.45) is 29.3. The van der Waals surface area contributed by atoms with Gasteiger partial charge in [0.25, 0.3) is 0 Å². The van der Waals surface area contributed by atoms with Crippen LogP contribution in [0.3, 0.4) is 0 Å². The average molecular weight is 333 g/mol. The summed E-state index contributed by atoms with van der Waals surface area (Å²) in [5.41, 5.74) is 5.38. The van der Waals surface area contributed by atoms with Gasteiger partial charge in [-0.15, -0.1) is 0 Å². The minimum absolute atomic E-state index is 0.663. The van der Waals surface area contributed by atoms with E-state index in [1.54, 1.807) is 0 Å². The van der Waals surface area contributed by atoms with Crippen molar-refractivity contribution < 1.29 is 0 Å². The molecule has 0 nitrogen and oxygen atoms in total. The fourth-order valence-corrected chi connectivity index (χ4v) is 3.46. The molecule has 2 aliphatic carbocycles. The van der Waals surface area contributed by atoms with Crippen molar-refractivity contribution in [2.45, 2.75) is 46.5 Å². The molecule has 0 N–H and O–H groups in total. The molecule has 0 amide bonds. The molecule has 0 aliphatic heterocycles. The lowest BCUT2D eigenvalue weighted by Crippen LogP contribution is -2.04. The molecule has 2 atom stereocenters. The van der Waals surface area contributed by atoms with E-state index in [1.807, 2.05) is 6.08 Å². The minimum Gasteiger partial charge on any atom is -0.0985 e. The van der Waals surface area contributed by atoms with Crippen LogP contribution in [0.1, 0.15) is 46.5 Å². The zero-order valence-electron chi connectivity index (χ0n) is 16.0. The van der Waals surface area contributed by atoms with Gasteiger partial charge in [0.1, 0.15) is 0 Å². The molecule has 0 heteroatoms. The Hall–Kier alpha value is -2.08. The predicted octanol–water partition coefficient (Wildman–Crippen LogP) is 7.43. The van der Waals surface area contributed by atoms with Crippen molar-refractivity contribution in [1.82, 2.24) is 0 Å². The topological polar surface area (TPSA) is 0 Å². The van der Waals surface area contributed by atoms with Crippen molar-refractivity contribution in [3.63, 3.8) is 0 Å². The van der Waals surface area contributed by atoms with Crippen LogP contribution in [-0.4, -0.2) is 0 Å². The largest absolute Gasteiger partial charge is 0.0985 e. The lowest BCUT2D eigenvalue weighted by atomic mass is 9.85. The van der Waals surface area contributed by atoms with Crippen LogP contribution in [0.2, 0.25) is 0 Å². The summed E-state index contributed by atoms with van der Waals surface area (Å²) in [4.78, 5) is 0. The standard InChI is InChI=1S/C25H32/c1-5-22(6-2)23(7-3)13-9-8-12-21-15-17-24(18-16-21)25-14-10-11-20(4)19-25/h5-7,9-11,13-15,17-18,20-21H,1,8,12,16,19H2,2-4H3/b13-9-,22-6+,23-7+. The second-order valence-electron chi connectivity index (χ2n) is 6.94. The molecule has 0 saturated heterocycles. The van der Waals surface area contributed by atoms with Crippen LogP contribution in [0.4, 0.5) is 0 Å². The van der Waals surface area contributed by atoms with E-state index in [2.05, 4.69) is 88.1 Å². The van der Waals surface area contributed by atoms with Gasteiger partial charge in [-0.1, -0.05) is 80.3 Å². The number of rotatable bonds is 7. The van der Waals surface area contributed by atoms with E-state index < -0.39 is 0 Å². The molecular weight excluding hydrogens is 300 g/mol. The van der Waals surface area contributed by atoms with E-state index in [1.165, 1.54) is 41.6 Å². The first-order valence-electron chi connectivity index (χ1n) is 9.56. The number of hydrogen-bond donors (Lipinski definition) is 0. The summed E-state index contributed by atoms with van der Waals surface area (Å²) < 4.78 is 0. The van der Waals surface area contributed by atoms with Crippen molar-refractivity contribution in [2.24, 2.45) is 11.8 Å². The lowest BCUT2D eigenvalue weighted by molar-refractivity contribution is 0.598. The predicted molar refractivity (Wildman–Crippen MR) is 112 cm³/mol. The number of hydrogen-bond acceptors (Lipinski definition) is 0. The second-order valence-corrected chi connectivity index (χ2v) is 6.94. The van der Waals surface area contributed by atoms with Gasteiger partial charge in [0.05, 0.1) is 0 Å². The first-order valence-corrected chi connectivity index (χ1v) is 9.56. The van der Waals surface area contributed by atoms with Gasteiger partial charge in [-0.3, -0.25) is 0 Å². The van der Waals surface area contributed by atoms with Crippen LogP contribution in [0, 0.1) is 11.8 Å². The van der Waals surface area contributed by atoms with Gasteiger partial charge in [0.15, 0.2) is 0 Å². The molecule has 0 fully saturated rings. The van der Waals surface area contributed by atoms with Crippen LogP contribution < -0.4 is 0 Å². The Morgan fingerprint density at radius 3 is 2.60 bits per heavy atom. The molecule has 2 rings (SSSR count). The fourth-order valence-electron chi connectivity index (χ4n) is 3.46. The van der Waals surface area contributed by atoms with Crippen molar-refractivity contribution >= 4 is 0 Å². The van der Waals surface area contributed by atoms with Gasteiger partial charge < -0.3 is 0 Å². The maximum absolute atomic E-state index is 3.89. The Morgan fingerprint density at radius 2 is 2.00 bits per heavy atom. The van der Waals surface area contributed by atoms with Crippen molar-refractivity contribution in [3.05, 3.63) is 95.7 Å². The van der Waals surface area contributed by atoms with Crippen molar-refractivity contribution in [1.29, 1.82) is 0 Å². The summed E-state index contributed by atoms with van der Waals surface area (Å²) in [6, 6.07) is 0. The number of allylic oxidation sites excluding steroid dienone is 15. The van der Waals surface area contributed by atoms with Gasteiger partial charge in [-0.05, 0) is 73.7 Å². The van der Waals surface area contributed by atoms with Gasteiger partial charge >= 0.3 is 0 Å². The average Bonchev–Trinajstić information content (AvgIpc) is 2.65. The molecule has 25 heavy (non-hydrogen) atoms. The Bertz CT molecular complexity index is 671. The summed E-state index contributed by atoms with van der Waals surface area (Å²) in [5, 5.41) is 0. The smallest absolute Gasteiger partial charge is 0.0192 e. The fraction of sp³-hybridized carbons (Fsp3) is 0.360. The highest BCUT2D eigenvalue weighted by Gasteiger charge is 2.13. The summed E-state index contributed by atoms with van der Waals surface area (Å²) in [6.45, 7) is 10.3. The highest BCUT2D eigenvalue weighted by atomic mass is 14.2. The molecule has 0 radical (unpaired) electrons. The highest BCUT2D eigenvalue weighted by molar-refractivity contribution is 5.46. The van der Waals surface area contributed by atoms with E-state index in [0.717, 1.165) is 6.42 Å². The maximum Gasteiger partial charge on any atom is -0.0192 e. The molecule has 132 valence electrons. The monoisotopic (exact) mass is 332 g/mol. The van der Waals surface area contributed by atoms with Crippen LogP contribution in [0.5, 0.6) is 0 Å². The molecule has 0 aromatic rings. The van der Waals surface area contributed by atoms with Gasteiger partial charge in [0, 0.05) is 0 Å². The van der Waals surface area contributed by atoms with E-state index >= 15 is 0 Å². The van der Waals surface area contributed by atoms with Crippen LogP contribution in [0.15, 0.2) is 95.7 Å². The zero-order valence-corrected chi connectivity index (χ0v) is 16.0.